The van der Waals surface area contributed by atoms with Crippen LogP contribution < -0.4 is 4.90 Å². The maximum absolute atomic E-state index is 13.9. The van der Waals surface area contributed by atoms with Gasteiger partial charge in [0.2, 0.25) is 0 Å². The average Bonchev–Trinajstić information content (AvgIpc) is 2.75. The number of halogens is 3. The maximum atomic E-state index is 13.9. The summed E-state index contributed by atoms with van der Waals surface area (Å²) in [5.74, 6) is -0.486. The Hall–Kier alpha value is -1.65. The van der Waals surface area contributed by atoms with Crippen LogP contribution >= 0.6 is 12.4 Å². The van der Waals surface area contributed by atoms with Crippen LogP contribution in [0.2, 0.25) is 0 Å². The van der Waals surface area contributed by atoms with Gasteiger partial charge in [-0.2, -0.15) is 0 Å². The van der Waals surface area contributed by atoms with E-state index in [1.54, 1.807) is 12.1 Å². The molecule has 0 saturated heterocycles. The average molecular weight is 381 g/mol. The summed E-state index contributed by atoms with van der Waals surface area (Å²) >= 11 is 0. The van der Waals surface area contributed by atoms with Crippen molar-refractivity contribution in [3.8, 4) is 0 Å². The lowest BCUT2D eigenvalue weighted by molar-refractivity contribution is 0.301. The van der Waals surface area contributed by atoms with Crippen molar-refractivity contribution in [2.24, 2.45) is 0 Å². The minimum atomic E-state index is -0.243. The highest BCUT2D eigenvalue weighted by atomic mass is 35.5. The van der Waals surface area contributed by atoms with Crippen molar-refractivity contribution in [2.45, 2.75) is 33.1 Å². The third-order valence-corrected chi connectivity index (χ3v) is 5.09. The summed E-state index contributed by atoms with van der Waals surface area (Å²) in [5, 5.41) is 0. The van der Waals surface area contributed by atoms with E-state index < -0.39 is 0 Å². The molecule has 2 nitrogen and oxygen atoms in total. The quantitative estimate of drug-likeness (QED) is 0.666. The predicted molar refractivity (Wildman–Crippen MR) is 107 cm³/mol. The number of aryl methyl sites for hydroxylation is 2. The Bertz CT molecular complexity index is 678. The number of rotatable bonds is 6. The molecule has 0 radical (unpaired) electrons. The van der Waals surface area contributed by atoms with Crippen LogP contribution in [0.4, 0.5) is 20.2 Å². The standard InChI is InChI=1S/C21H26F2N2.ClH/c1-3-24(4-2)12-5-13-25-20-14-18(22)10-8-16(20)6-7-17-9-11-19(23)15-21(17)25;/h8-11,14-15H,3-7,12-13H2,1-2H3;1H. The lowest BCUT2D eigenvalue weighted by Crippen LogP contribution is -2.28. The highest BCUT2D eigenvalue weighted by Gasteiger charge is 2.21. The monoisotopic (exact) mass is 380 g/mol. The molecular formula is C21H27ClF2N2. The Morgan fingerprint density at radius 2 is 1.38 bits per heavy atom. The molecule has 0 saturated carbocycles. The zero-order valence-electron chi connectivity index (χ0n) is 15.5. The first-order chi connectivity index (χ1) is 12.1. The summed E-state index contributed by atoms with van der Waals surface area (Å²) in [6.07, 6.45) is 2.65. The normalized spacial score (nSPS) is 13.0. The molecular weight excluding hydrogens is 354 g/mol. The maximum Gasteiger partial charge on any atom is 0.125 e. The van der Waals surface area contributed by atoms with Crippen molar-refractivity contribution in [1.29, 1.82) is 0 Å². The fourth-order valence-electron chi connectivity index (χ4n) is 3.63. The molecule has 142 valence electrons. The summed E-state index contributed by atoms with van der Waals surface area (Å²) < 4.78 is 27.8. The number of hydrogen-bond donors (Lipinski definition) is 0. The van der Waals surface area contributed by atoms with Gasteiger partial charge in [0, 0.05) is 17.9 Å². The highest BCUT2D eigenvalue weighted by Crippen LogP contribution is 2.37. The van der Waals surface area contributed by atoms with Crippen LogP contribution in [0.25, 0.3) is 0 Å². The van der Waals surface area contributed by atoms with E-state index in [9.17, 15) is 8.78 Å². The first-order valence-corrected chi connectivity index (χ1v) is 9.19. The number of hydrogen-bond acceptors (Lipinski definition) is 2. The predicted octanol–water partition coefficient (Wildman–Crippen LogP) is 5.36. The van der Waals surface area contributed by atoms with Gasteiger partial charge in [-0.15, -0.1) is 12.4 Å². The Morgan fingerprint density at radius 1 is 0.885 bits per heavy atom. The van der Waals surface area contributed by atoms with E-state index in [4.69, 9.17) is 0 Å². The van der Waals surface area contributed by atoms with E-state index in [-0.39, 0.29) is 24.0 Å². The van der Waals surface area contributed by atoms with Crippen LogP contribution in [0, 0.1) is 11.6 Å². The van der Waals surface area contributed by atoms with Crippen LogP contribution in [0.1, 0.15) is 31.4 Å². The number of anilines is 2. The summed E-state index contributed by atoms with van der Waals surface area (Å²) in [5.41, 5.74) is 4.01. The molecule has 2 aromatic carbocycles. The van der Waals surface area contributed by atoms with Crippen LogP contribution in [-0.2, 0) is 12.8 Å². The minimum Gasteiger partial charge on any atom is -0.341 e. The highest BCUT2D eigenvalue weighted by molar-refractivity contribution is 5.85. The van der Waals surface area contributed by atoms with E-state index in [1.807, 2.05) is 12.1 Å². The Labute approximate surface area is 161 Å². The van der Waals surface area contributed by atoms with Gasteiger partial charge in [0.15, 0.2) is 0 Å². The van der Waals surface area contributed by atoms with Gasteiger partial charge in [-0.1, -0.05) is 26.0 Å². The number of fused-ring (bicyclic) bond motifs is 2. The van der Waals surface area contributed by atoms with E-state index in [1.165, 1.54) is 12.1 Å². The molecule has 1 heterocycles. The van der Waals surface area contributed by atoms with Gasteiger partial charge < -0.3 is 9.80 Å². The molecule has 3 rings (SSSR count). The second-order valence-electron chi connectivity index (χ2n) is 6.58. The van der Waals surface area contributed by atoms with E-state index in [2.05, 4.69) is 23.6 Å². The molecule has 0 aromatic heterocycles. The van der Waals surface area contributed by atoms with Gasteiger partial charge in [0.1, 0.15) is 11.6 Å². The fraction of sp³-hybridized carbons (Fsp3) is 0.429. The summed E-state index contributed by atoms with van der Waals surface area (Å²) in [6.45, 7) is 8.09. The minimum absolute atomic E-state index is 0. The molecule has 0 aliphatic carbocycles. The zero-order valence-corrected chi connectivity index (χ0v) is 16.3. The third-order valence-electron chi connectivity index (χ3n) is 5.09. The van der Waals surface area contributed by atoms with Crippen molar-refractivity contribution >= 4 is 23.8 Å². The van der Waals surface area contributed by atoms with Gasteiger partial charge >= 0.3 is 0 Å². The van der Waals surface area contributed by atoms with Crippen molar-refractivity contribution in [3.05, 3.63) is 59.2 Å². The van der Waals surface area contributed by atoms with Gasteiger partial charge in [0.25, 0.3) is 0 Å². The van der Waals surface area contributed by atoms with Crippen molar-refractivity contribution in [1.82, 2.24) is 4.90 Å². The second-order valence-corrected chi connectivity index (χ2v) is 6.58. The fourth-order valence-corrected chi connectivity index (χ4v) is 3.63. The molecule has 0 N–H and O–H groups in total. The van der Waals surface area contributed by atoms with E-state index in [0.717, 1.165) is 67.9 Å². The van der Waals surface area contributed by atoms with Crippen molar-refractivity contribution in [3.63, 3.8) is 0 Å². The van der Waals surface area contributed by atoms with Gasteiger partial charge in [-0.25, -0.2) is 8.78 Å². The molecule has 1 aliphatic rings. The zero-order chi connectivity index (χ0) is 17.8. The lowest BCUT2D eigenvalue weighted by Gasteiger charge is -2.28. The van der Waals surface area contributed by atoms with Gasteiger partial charge in [0.05, 0.1) is 0 Å². The second kappa shape index (κ2) is 9.33. The molecule has 1 aliphatic heterocycles. The van der Waals surface area contributed by atoms with Gasteiger partial charge in [-0.05, 0) is 74.3 Å². The molecule has 2 aromatic rings. The molecule has 0 unspecified atom stereocenters. The number of benzene rings is 2. The molecule has 5 heteroatoms. The molecule has 26 heavy (non-hydrogen) atoms. The smallest absolute Gasteiger partial charge is 0.125 e. The van der Waals surface area contributed by atoms with Crippen molar-refractivity contribution < 1.29 is 8.78 Å². The van der Waals surface area contributed by atoms with Crippen LogP contribution in [0.5, 0.6) is 0 Å². The molecule has 0 fully saturated rings. The first-order valence-electron chi connectivity index (χ1n) is 9.19. The summed E-state index contributed by atoms with van der Waals surface area (Å²) in [7, 11) is 0. The van der Waals surface area contributed by atoms with Crippen LogP contribution in [-0.4, -0.2) is 31.1 Å². The largest absolute Gasteiger partial charge is 0.341 e. The van der Waals surface area contributed by atoms with E-state index >= 15 is 0 Å². The Balaban J connectivity index is 0.00000243. The first kappa shape index (κ1) is 20.7. The summed E-state index contributed by atoms with van der Waals surface area (Å²) in [6, 6.07) is 9.95. The Kier molecular flexibility index (Phi) is 7.42. The van der Waals surface area contributed by atoms with Gasteiger partial charge in [-0.3, -0.25) is 0 Å². The Morgan fingerprint density at radius 3 is 1.85 bits per heavy atom. The number of nitrogens with zero attached hydrogens (tertiary/aromatic N) is 2. The van der Waals surface area contributed by atoms with E-state index in [0.29, 0.717) is 0 Å². The third kappa shape index (κ3) is 4.54. The molecule has 0 amide bonds. The summed E-state index contributed by atoms with van der Waals surface area (Å²) in [4.78, 5) is 4.48. The molecule has 0 bridgehead atoms. The lowest BCUT2D eigenvalue weighted by atomic mass is 10.0. The van der Waals surface area contributed by atoms with Crippen molar-refractivity contribution in [2.75, 3.05) is 31.1 Å². The molecule has 0 atom stereocenters. The molecule has 0 spiro atoms. The topological polar surface area (TPSA) is 6.48 Å². The van der Waals surface area contributed by atoms with Crippen LogP contribution in [0.15, 0.2) is 36.4 Å². The van der Waals surface area contributed by atoms with Crippen LogP contribution in [0.3, 0.4) is 0 Å². The SMILES string of the molecule is CCN(CC)CCCN1c2cc(F)ccc2CCc2ccc(F)cc21.Cl.